The lowest BCUT2D eigenvalue weighted by Crippen LogP contribution is -2.19. The molecule has 6 nitrogen and oxygen atoms in total. The molecule has 2 aromatic heterocycles. The van der Waals surface area contributed by atoms with Gasteiger partial charge in [-0.05, 0) is 26.1 Å². The van der Waals surface area contributed by atoms with E-state index in [9.17, 15) is 0 Å². The van der Waals surface area contributed by atoms with Crippen LogP contribution in [0.4, 0.5) is 5.82 Å². The molecule has 2 aromatic carbocycles. The SMILES string of the molecule is Cc1ccc2nc(CN(C)Cc3cc(-c4ccccc4)on3)nc(N)c2c1. The van der Waals surface area contributed by atoms with Crippen molar-refractivity contribution in [2.45, 2.75) is 20.0 Å². The van der Waals surface area contributed by atoms with E-state index in [4.69, 9.17) is 10.3 Å². The van der Waals surface area contributed by atoms with Crippen LogP contribution in [-0.2, 0) is 13.1 Å². The zero-order valence-electron chi connectivity index (χ0n) is 15.4. The third kappa shape index (κ3) is 3.80. The summed E-state index contributed by atoms with van der Waals surface area (Å²) in [6.45, 7) is 3.23. The molecule has 2 N–H and O–H groups in total. The number of fused-ring (bicyclic) bond motifs is 1. The second-order valence-electron chi connectivity index (χ2n) is 6.77. The molecule has 4 aromatic rings. The van der Waals surface area contributed by atoms with E-state index in [1.807, 2.05) is 68.6 Å². The maximum absolute atomic E-state index is 6.12. The fourth-order valence-electron chi connectivity index (χ4n) is 3.09. The maximum Gasteiger partial charge on any atom is 0.167 e. The Balaban J connectivity index is 1.48. The number of aryl methyl sites for hydroxylation is 1. The molecule has 0 saturated heterocycles. The Morgan fingerprint density at radius 3 is 2.63 bits per heavy atom. The standard InChI is InChI=1S/C21H21N5O/c1-14-8-9-18-17(10-14)21(22)24-20(23-18)13-26(2)12-16-11-19(27-25-16)15-6-4-3-5-7-15/h3-11H,12-13H2,1-2H3,(H2,22,23,24). The summed E-state index contributed by atoms with van der Waals surface area (Å²) in [6, 6.07) is 17.9. The van der Waals surface area contributed by atoms with Gasteiger partial charge in [0.1, 0.15) is 11.6 Å². The van der Waals surface area contributed by atoms with Gasteiger partial charge in [0.05, 0.1) is 17.8 Å². The van der Waals surface area contributed by atoms with Crippen molar-refractivity contribution in [2.75, 3.05) is 12.8 Å². The highest BCUT2D eigenvalue weighted by Crippen LogP contribution is 2.22. The third-order valence-electron chi connectivity index (χ3n) is 4.39. The Hall–Kier alpha value is -3.25. The predicted molar refractivity (Wildman–Crippen MR) is 106 cm³/mol. The molecule has 0 fully saturated rings. The van der Waals surface area contributed by atoms with Crippen LogP contribution in [0.3, 0.4) is 0 Å². The first-order valence-electron chi connectivity index (χ1n) is 8.81. The van der Waals surface area contributed by atoms with E-state index in [0.29, 0.717) is 24.7 Å². The average Bonchev–Trinajstić information content (AvgIpc) is 3.11. The first-order valence-corrected chi connectivity index (χ1v) is 8.81. The minimum atomic E-state index is 0.514. The topological polar surface area (TPSA) is 81.1 Å². The van der Waals surface area contributed by atoms with Crippen molar-refractivity contribution in [3.8, 4) is 11.3 Å². The van der Waals surface area contributed by atoms with Gasteiger partial charge in [-0.3, -0.25) is 4.90 Å². The quantitative estimate of drug-likeness (QED) is 0.584. The Morgan fingerprint density at radius 2 is 1.81 bits per heavy atom. The summed E-state index contributed by atoms with van der Waals surface area (Å²) in [5.74, 6) is 1.97. The molecular weight excluding hydrogens is 338 g/mol. The van der Waals surface area contributed by atoms with Gasteiger partial charge < -0.3 is 10.3 Å². The van der Waals surface area contributed by atoms with Gasteiger partial charge in [0.2, 0.25) is 0 Å². The van der Waals surface area contributed by atoms with Crippen molar-refractivity contribution < 1.29 is 4.52 Å². The van der Waals surface area contributed by atoms with Crippen molar-refractivity contribution in [1.82, 2.24) is 20.0 Å². The molecule has 0 atom stereocenters. The summed E-state index contributed by atoms with van der Waals surface area (Å²) >= 11 is 0. The Bertz CT molecular complexity index is 1070. The van der Waals surface area contributed by atoms with Gasteiger partial charge in [0.15, 0.2) is 5.76 Å². The van der Waals surface area contributed by atoms with E-state index >= 15 is 0 Å². The van der Waals surface area contributed by atoms with E-state index in [2.05, 4.69) is 20.0 Å². The molecule has 0 spiro atoms. The van der Waals surface area contributed by atoms with Gasteiger partial charge in [0.25, 0.3) is 0 Å². The van der Waals surface area contributed by atoms with Crippen molar-refractivity contribution in [3.05, 3.63) is 71.7 Å². The van der Waals surface area contributed by atoms with E-state index < -0.39 is 0 Å². The normalized spacial score (nSPS) is 11.4. The summed E-state index contributed by atoms with van der Waals surface area (Å²) in [5, 5.41) is 5.06. The Morgan fingerprint density at radius 1 is 1.00 bits per heavy atom. The van der Waals surface area contributed by atoms with Crippen LogP contribution < -0.4 is 5.73 Å². The van der Waals surface area contributed by atoms with E-state index in [0.717, 1.165) is 33.5 Å². The van der Waals surface area contributed by atoms with Crippen LogP contribution in [0.2, 0.25) is 0 Å². The van der Waals surface area contributed by atoms with Crippen LogP contribution in [0, 0.1) is 6.92 Å². The molecule has 0 radical (unpaired) electrons. The average molecular weight is 359 g/mol. The maximum atomic E-state index is 6.12. The minimum absolute atomic E-state index is 0.514. The zero-order chi connectivity index (χ0) is 18.8. The molecule has 0 aliphatic heterocycles. The first kappa shape index (κ1) is 17.2. The number of nitrogen functional groups attached to an aromatic ring is 1. The molecule has 0 aliphatic rings. The monoisotopic (exact) mass is 359 g/mol. The largest absolute Gasteiger partial charge is 0.383 e. The number of nitrogens with two attached hydrogens (primary N) is 1. The zero-order valence-corrected chi connectivity index (χ0v) is 15.4. The lowest BCUT2D eigenvalue weighted by molar-refractivity contribution is 0.298. The summed E-state index contributed by atoms with van der Waals surface area (Å²) < 4.78 is 5.46. The molecule has 136 valence electrons. The van der Waals surface area contributed by atoms with Gasteiger partial charge in [-0.2, -0.15) is 0 Å². The molecule has 4 rings (SSSR count). The third-order valence-corrected chi connectivity index (χ3v) is 4.39. The van der Waals surface area contributed by atoms with Crippen LogP contribution >= 0.6 is 0 Å². The number of rotatable bonds is 5. The summed E-state index contributed by atoms with van der Waals surface area (Å²) in [5.41, 5.74) is 10.0. The predicted octanol–water partition coefficient (Wildman–Crippen LogP) is 3.81. The molecule has 6 heteroatoms. The Kier molecular flexibility index (Phi) is 4.56. The van der Waals surface area contributed by atoms with Gasteiger partial charge in [-0.25, -0.2) is 9.97 Å². The lowest BCUT2D eigenvalue weighted by atomic mass is 10.1. The second kappa shape index (κ2) is 7.17. The lowest BCUT2D eigenvalue weighted by Gasteiger charge is -2.14. The molecule has 0 saturated carbocycles. The van der Waals surface area contributed by atoms with E-state index in [1.165, 1.54) is 0 Å². The number of anilines is 1. The molecule has 2 heterocycles. The second-order valence-corrected chi connectivity index (χ2v) is 6.77. The number of aromatic nitrogens is 3. The molecule has 0 unspecified atom stereocenters. The van der Waals surface area contributed by atoms with Crippen LogP contribution in [0.15, 0.2) is 59.1 Å². The number of benzene rings is 2. The highest BCUT2D eigenvalue weighted by molar-refractivity contribution is 5.88. The smallest absolute Gasteiger partial charge is 0.167 e. The van der Waals surface area contributed by atoms with Crippen molar-refractivity contribution in [3.63, 3.8) is 0 Å². The fourth-order valence-corrected chi connectivity index (χ4v) is 3.09. The minimum Gasteiger partial charge on any atom is -0.383 e. The van der Waals surface area contributed by atoms with Crippen molar-refractivity contribution >= 4 is 16.7 Å². The number of hydrogen-bond acceptors (Lipinski definition) is 6. The summed E-state index contributed by atoms with van der Waals surface area (Å²) in [4.78, 5) is 11.2. The van der Waals surface area contributed by atoms with Crippen LogP contribution in [0.1, 0.15) is 17.1 Å². The van der Waals surface area contributed by atoms with Crippen LogP contribution in [0.5, 0.6) is 0 Å². The van der Waals surface area contributed by atoms with Crippen molar-refractivity contribution in [2.24, 2.45) is 0 Å². The molecular formula is C21H21N5O. The van der Waals surface area contributed by atoms with Gasteiger partial charge in [-0.1, -0.05) is 47.1 Å². The molecule has 0 amide bonds. The highest BCUT2D eigenvalue weighted by Gasteiger charge is 2.12. The number of nitrogens with zero attached hydrogens (tertiary/aromatic N) is 4. The first-order chi connectivity index (χ1) is 13.1. The highest BCUT2D eigenvalue weighted by atomic mass is 16.5. The summed E-state index contributed by atoms with van der Waals surface area (Å²) in [6.07, 6.45) is 0. The summed E-state index contributed by atoms with van der Waals surface area (Å²) in [7, 11) is 2.00. The van der Waals surface area contributed by atoms with Crippen molar-refractivity contribution in [1.29, 1.82) is 0 Å². The van der Waals surface area contributed by atoms with Crippen LogP contribution in [0.25, 0.3) is 22.2 Å². The van der Waals surface area contributed by atoms with Gasteiger partial charge in [0, 0.05) is 23.6 Å². The van der Waals surface area contributed by atoms with Gasteiger partial charge >= 0.3 is 0 Å². The molecule has 0 aliphatic carbocycles. The van der Waals surface area contributed by atoms with Crippen LogP contribution in [-0.4, -0.2) is 27.1 Å². The number of hydrogen-bond donors (Lipinski definition) is 1. The fraction of sp³-hybridized carbons (Fsp3) is 0.190. The van der Waals surface area contributed by atoms with E-state index in [1.54, 1.807) is 0 Å². The van der Waals surface area contributed by atoms with Gasteiger partial charge in [-0.15, -0.1) is 0 Å². The molecule has 0 bridgehead atoms. The molecule has 27 heavy (non-hydrogen) atoms. The van der Waals surface area contributed by atoms with E-state index in [-0.39, 0.29) is 0 Å². The Labute approximate surface area is 157 Å².